The van der Waals surface area contributed by atoms with Gasteiger partial charge in [-0.1, -0.05) is 0 Å². The highest BCUT2D eigenvalue weighted by Crippen LogP contribution is 2.38. The summed E-state index contributed by atoms with van der Waals surface area (Å²) in [7, 11) is 6.47. The van der Waals surface area contributed by atoms with E-state index in [0.717, 1.165) is 24.9 Å². The summed E-state index contributed by atoms with van der Waals surface area (Å²) in [5.74, 6) is 1.92. The number of carbonyl (C=O) groups excluding carboxylic acids is 1. The Morgan fingerprint density at radius 3 is 2.36 bits per heavy atom. The van der Waals surface area contributed by atoms with E-state index in [1.807, 2.05) is 12.1 Å². The number of amides is 1. The monoisotopic (exact) mass is 308 g/mol. The molecule has 0 aliphatic carbocycles. The van der Waals surface area contributed by atoms with Crippen LogP contribution in [0.15, 0.2) is 12.1 Å². The van der Waals surface area contributed by atoms with Crippen LogP contribution in [0.5, 0.6) is 17.2 Å². The Bertz CT molecular complexity index is 508. The number of likely N-dealkylation sites (tertiary alicyclic amines) is 1. The molecular weight excluding hydrogens is 284 g/mol. The zero-order valence-corrected chi connectivity index (χ0v) is 13.6. The van der Waals surface area contributed by atoms with Crippen LogP contribution in [0.3, 0.4) is 0 Å². The van der Waals surface area contributed by atoms with Crippen LogP contribution in [-0.4, -0.2) is 51.8 Å². The normalized spacial score (nSPS) is 18.1. The Morgan fingerprint density at radius 2 is 1.86 bits per heavy atom. The Labute approximate surface area is 131 Å². The fraction of sp³-hybridized carbons (Fsp3) is 0.562. The summed E-state index contributed by atoms with van der Waals surface area (Å²) in [5.41, 5.74) is 1.03. The van der Waals surface area contributed by atoms with Gasteiger partial charge in [0.25, 0.3) is 0 Å². The maximum atomic E-state index is 11.9. The molecule has 1 heterocycles. The van der Waals surface area contributed by atoms with Gasteiger partial charge in [-0.15, -0.1) is 0 Å². The Kier molecular flexibility index (Phi) is 5.49. The Balaban J connectivity index is 2.24. The molecule has 1 atom stereocenters. The van der Waals surface area contributed by atoms with E-state index in [-0.39, 0.29) is 11.9 Å². The first-order valence-corrected chi connectivity index (χ1v) is 7.39. The second kappa shape index (κ2) is 7.35. The average Bonchev–Trinajstić information content (AvgIpc) is 3.01. The highest BCUT2D eigenvalue weighted by Gasteiger charge is 2.30. The highest BCUT2D eigenvalue weighted by atomic mass is 16.5. The van der Waals surface area contributed by atoms with Gasteiger partial charge in [0, 0.05) is 13.6 Å². The smallest absolute Gasteiger partial charge is 0.237 e. The standard InChI is InChI=1S/C16H24N2O4/c1-17-16(19)12-6-5-7-18(12)10-11-8-13(20-2)15(22-4)14(9-11)21-3/h8-9,12H,5-7,10H2,1-4H3,(H,17,19)/t12-/m1/s1. The summed E-state index contributed by atoms with van der Waals surface area (Å²) in [6.07, 6.45) is 1.92. The lowest BCUT2D eigenvalue weighted by molar-refractivity contribution is -0.125. The summed E-state index contributed by atoms with van der Waals surface area (Å²) >= 11 is 0. The van der Waals surface area contributed by atoms with Crippen LogP contribution in [0.25, 0.3) is 0 Å². The molecule has 1 aliphatic rings. The lowest BCUT2D eigenvalue weighted by atomic mass is 10.1. The van der Waals surface area contributed by atoms with Crippen LogP contribution in [0.4, 0.5) is 0 Å². The molecule has 1 aliphatic heterocycles. The molecule has 0 aromatic heterocycles. The molecule has 0 saturated carbocycles. The van der Waals surface area contributed by atoms with Gasteiger partial charge in [-0.2, -0.15) is 0 Å². The van der Waals surface area contributed by atoms with E-state index in [1.54, 1.807) is 28.4 Å². The lowest BCUT2D eigenvalue weighted by Crippen LogP contribution is -2.41. The van der Waals surface area contributed by atoms with Gasteiger partial charge in [-0.3, -0.25) is 9.69 Å². The van der Waals surface area contributed by atoms with Crippen LogP contribution in [-0.2, 0) is 11.3 Å². The van der Waals surface area contributed by atoms with E-state index in [2.05, 4.69) is 10.2 Å². The topological polar surface area (TPSA) is 60.0 Å². The molecule has 22 heavy (non-hydrogen) atoms. The van der Waals surface area contributed by atoms with E-state index in [1.165, 1.54) is 0 Å². The van der Waals surface area contributed by atoms with E-state index < -0.39 is 0 Å². The van der Waals surface area contributed by atoms with Crippen molar-refractivity contribution >= 4 is 5.91 Å². The van der Waals surface area contributed by atoms with Crippen LogP contribution in [0.2, 0.25) is 0 Å². The van der Waals surface area contributed by atoms with Crippen LogP contribution >= 0.6 is 0 Å². The summed E-state index contributed by atoms with van der Waals surface area (Å²) in [6.45, 7) is 1.59. The third-order valence-corrected chi connectivity index (χ3v) is 4.02. The van der Waals surface area contributed by atoms with Crippen molar-refractivity contribution in [3.8, 4) is 17.2 Å². The molecule has 2 rings (SSSR count). The van der Waals surface area contributed by atoms with Gasteiger partial charge in [-0.05, 0) is 37.1 Å². The van der Waals surface area contributed by atoms with Crippen molar-refractivity contribution in [2.45, 2.75) is 25.4 Å². The third kappa shape index (κ3) is 3.27. The maximum absolute atomic E-state index is 11.9. The van der Waals surface area contributed by atoms with Crippen molar-refractivity contribution < 1.29 is 19.0 Å². The lowest BCUT2D eigenvalue weighted by Gasteiger charge is -2.24. The van der Waals surface area contributed by atoms with Crippen LogP contribution < -0.4 is 19.5 Å². The molecule has 6 heteroatoms. The van der Waals surface area contributed by atoms with Crippen molar-refractivity contribution in [3.63, 3.8) is 0 Å². The summed E-state index contributed by atoms with van der Waals surface area (Å²) < 4.78 is 16.1. The Hall–Kier alpha value is -1.95. The summed E-state index contributed by atoms with van der Waals surface area (Å²) in [5, 5.41) is 2.74. The molecular formula is C16H24N2O4. The number of rotatable bonds is 6. The molecule has 0 bridgehead atoms. The minimum absolute atomic E-state index is 0.0657. The SMILES string of the molecule is CNC(=O)[C@H]1CCCN1Cc1cc(OC)c(OC)c(OC)c1. The predicted octanol–water partition coefficient (Wildman–Crippen LogP) is 1.42. The molecule has 6 nitrogen and oxygen atoms in total. The fourth-order valence-corrected chi connectivity index (χ4v) is 2.94. The molecule has 1 N–H and O–H groups in total. The number of nitrogens with zero attached hydrogens (tertiary/aromatic N) is 1. The van der Waals surface area contributed by atoms with Gasteiger partial charge in [0.15, 0.2) is 11.5 Å². The van der Waals surface area contributed by atoms with Gasteiger partial charge >= 0.3 is 0 Å². The minimum atomic E-state index is -0.0657. The van der Waals surface area contributed by atoms with Gasteiger partial charge in [0.05, 0.1) is 27.4 Å². The molecule has 0 spiro atoms. The number of likely N-dealkylation sites (N-methyl/N-ethyl adjacent to an activating group) is 1. The fourth-order valence-electron chi connectivity index (χ4n) is 2.94. The molecule has 122 valence electrons. The van der Waals surface area contributed by atoms with Crippen molar-refractivity contribution in [2.75, 3.05) is 34.9 Å². The number of nitrogens with one attached hydrogen (secondary N) is 1. The molecule has 1 fully saturated rings. The molecule has 0 radical (unpaired) electrons. The predicted molar refractivity (Wildman–Crippen MR) is 83.6 cm³/mol. The molecule has 1 amide bonds. The Morgan fingerprint density at radius 1 is 1.23 bits per heavy atom. The maximum Gasteiger partial charge on any atom is 0.237 e. The van der Waals surface area contributed by atoms with Gasteiger partial charge < -0.3 is 19.5 Å². The number of benzene rings is 1. The second-order valence-electron chi connectivity index (χ2n) is 5.28. The third-order valence-electron chi connectivity index (χ3n) is 4.02. The average molecular weight is 308 g/mol. The molecule has 1 saturated heterocycles. The van der Waals surface area contributed by atoms with Crippen LogP contribution in [0.1, 0.15) is 18.4 Å². The highest BCUT2D eigenvalue weighted by molar-refractivity contribution is 5.81. The van der Waals surface area contributed by atoms with Crippen molar-refractivity contribution in [2.24, 2.45) is 0 Å². The number of ether oxygens (including phenoxy) is 3. The first-order valence-electron chi connectivity index (χ1n) is 7.39. The largest absolute Gasteiger partial charge is 0.493 e. The molecule has 1 aromatic carbocycles. The first-order chi connectivity index (χ1) is 10.6. The summed E-state index contributed by atoms with van der Waals surface area (Å²) in [6, 6.07) is 3.80. The van der Waals surface area contributed by atoms with E-state index in [9.17, 15) is 4.79 Å². The number of hydrogen-bond donors (Lipinski definition) is 1. The first kappa shape index (κ1) is 16.4. The molecule has 1 aromatic rings. The molecule has 0 unspecified atom stereocenters. The van der Waals surface area contributed by atoms with E-state index >= 15 is 0 Å². The zero-order chi connectivity index (χ0) is 16.1. The van der Waals surface area contributed by atoms with E-state index in [4.69, 9.17) is 14.2 Å². The minimum Gasteiger partial charge on any atom is -0.493 e. The number of methoxy groups -OCH3 is 3. The van der Waals surface area contributed by atoms with Crippen molar-refractivity contribution in [3.05, 3.63) is 17.7 Å². The van der Waals surface area contributed by atoms with Gasteiger partial charge in [0.1, 0.15) is 0 Å². The second-order valence-corrected chi connectivity index (χ2v) is 5.28. The van der Waals surface area contributed by atoms with Gasteiger partial charge in [-0.25, -0.2) is 0 Å². The summed E-state index contributed by atoms with van der Waals surface area (Å²) in [4.78, 5) is 14.1. The van der Waals surface area contributed by atoms with E-state index in [0.29, 0.717) is 23.8 Å². The zero-order valence-electron chi connectivity index (χ0n) is 13.6. The number of carbonyl (C=O) groups is 1. The van der Waals surface area contributed by atoms with Crippen molar-refractivity contribution in [1.29, 1.82) is 0 Å². The number of hydrogen-bond acceptors (Lipinski definition) is 5. The van der Waals surface area contributed by atoms with Crippen LogP contribution in [0, 0.1) is 0 Å². The quantitative estimate of drug-likeness (QED) is 0.861. The van der Waals surface area contributed by atoms with Crippen molar-refractivity contribution in [1.82, 2.24) is 10.2 Å². The van der Waals surface area contributed by atoms with Gasteiger partial charge in [0.2, 0.25) is 11.7 Å².